The van der Waals surface area contributed by atoms with Gasteiger partial charge in [-0.3, -0.25) is 0 Å². The molecule has 1 aliphatic carbocycles. The molecule has 0 spiro atoms. The van der Waals surface area contributed by atoms with Gasteiger partial charge in [0.05, 0.1) is 26.2 Å². The second-order valence-corrected chi connectivity index (χ2v) is 12.5. The topological polar surface area (TPSA) is 95.9 Å². The van der Waals surface area contributed by atoms with Gasteiger partial charge in [0.25, 0.3) is 0 Å². The molecule has 0 amide bonds. The van der Waals surface area contributed by atoms with Gasteiger partial charge in [-0.2, -0.15) is 13.2 Å². The molecule has 4 fully saturated rings. The zero-order chi connectivity index (χ0) is 29.7. The predicted octanol–water partition coefficient (Wildman–Crippen LogP) is 4.35. The summed E-state index contributed by atoms with van der Waals surface area (Å²) in [5.41, 5.74) is -0.286. The molecule has 1 aromatic carbocycles. The minimum atomic E-state index is -5.19. The number of carboxylic acid groups (broad SMARTS) is 1. The van der Waals surface area contributed by atoms with Crippen LogP contribution in [0.1, 0.15) is 55.4 Å². The van der Waals surface area contributed by atoms with E-state index in [1.165, 1.54) is 16.9 Å². The fourth-order valence-corrected chi connectivity index (χ4v) is 7.39. The molecule has 226 valence electrons. The van der Waals surface area contributed by atoms with E-state index in [1.54, 1.807) is 0 Å². The van der Waals surface area contributed by atoms with Crippen LogP contribution in [-0.2, 0) is 19.9 Å². The average Bonchev–Trinajstić information content (AvgIpc) is 3.67. The number of aliphatic carboxylic acids is 1. The summed E-state index contributed by atoms with van der Waals surface area (Å²) in [6.45, 7) is 7.01. The number of carboxylic acids is 1. The Balaban J connectivity index is 0.000000493. The molecule has 2 atom stereocenters. The number of halogens is 3. The summed E-state index contributed by atoms with van der Waals surface area (Å²) >= 11 is 1.47. The number of hydrogen-bond acceptors (Lipinski definition) is 7. The van der Waals surface area contributed by atoms with Gasteiger partial charge in [-0.25, -0.2) is 4.79 Å². The predicted molar refractivity (Wildman–Crippen MR) is 145 cm³/mol. The Bertz CT molecular complexity index is 1160. The third-order valence-electron chi connectivity index (χ3n) is 8.72. The fraction of sp³-hybridized carbons (Fsp3) is 0.600. The highest BCUT2D eigenvalue weighted by Gasteiger charge is 2.53. The Kier molecular flexibility index (Phi) is 10.0. The molecule has 1 N–H and O–H groups in total. The molecule has 4 heterocycles. The number of ether oxygens (including phenoxy) is 2. The van der Waals surface area contributed by atoms with E-state index in [0.717, 1.165) is 86.2 Å². The molecule has 0 unspecified atom stereocenters. The third kappa shape index (κ3) is 7.61. The summed E-state index contributed by atoms with van der Waals surface area (Å²) in [5, 5.41) is 22.4. The normalized spacial score (nSPS) is 25.6. The number of thiophene rings is 1. The van der Waals surface area contributed by atoms with Crippen LogP contribution in [0, 0.1) is 18.8 Å². The van der Waals surface area contributed by atoms with E-state index in [0.29, 0.717) is 12.5 Å². The van der Waals surface area contributed by atoms with E-state index in [1.807, 2.05) is 29.6 Å². The van der Waals surface area contributed by atoms with Gasteiger partial charge in [0, 0.05) is 36.0 Å². The van der Waals surface area contributed by atoms with Crippen LogP contribution in [0.3, 0.4) is 0 Å². The van der Waals surface area contributed by atoms with Crippen LogP contribution < -0.4 is 9.84 Å². The van der Waals surface area contributed by atoms with Crippen molar-refractivity contribution in [2.45, 2.75) is 69.8 Å². The molecule has 1 aromatic heterocycles. The Hall–Kier alpha value is -2.63. The van der Waals surface area contributed by atoms with Gasteiger partial charge in [0.2, 0.25) is 0 Å². The van der Waals surface area contributed by atoms with E-state index < -0.39 is 23.7 Å². The van der Waals surface area contributed by atoms with Crippen molar-refractivity contribution in [1.29, 1.82) is 0 Å². The zero-order valence-corrected chi connectivity index (χ0v) is 24.1. The number of fused-ring (bicyclic) bond motifs is 3. The van der Waals surface area contributed by atoms with Crippen LogP contribution in [0.2, 0.25) is 0 Å². The highest BCUT2D eigenvalue weighted by molar-refractivity contribution is 7.10. The van der Waals surface area contributed by atoms with Crippen LogP contribution >= 0.6 is 11.3 Å². The van der Waals surface area contributed by atoms with Crippen LogP contribution in [0.4, 0.5) is 13.2 Å². The molecule has 41 heavy (non-hydrogen) atoms. The van der Waals surface area contributed by atoms with Crippen LogP contribution in [0.5, 0.6) is 5.75 Å². The number of aryl methyl sites for hydroxylation is 1. The second kappa shape index (κ2) is 13.1. The maximum Gasteiger partial charge on any atom is 0.430 e. The Morgan fingerprint density at radius 2 is 1.78 bits per heavy atom. The lowest BCUT2D eigenvalue weighted by atomic mass is 9.82. The minimum Gasteiger partial charge on any atom is -0.542 e. The number of rotatable bonds is 9. The van der Waals surface area contributed by atoms with Crippen molar-refractivity contribution in [2.24, 2.45) is 11.8 Å². The first-order valence-electron chi connectivity index (χ1n) is 14.2. The van der Waals surface area contributed by atoms with Crippen molar-refractivity contribution in [3.05, 3.63) is 52.2 Å². The summed E-state index contributed by atoms with van der Waals surface area (Å²) in [6, 6.07) is 12.0. The van der Waals surface area contributed by atoms with Crippen molar-refractivity contribution in [3.8, 4) is 5.75 Å². The highest BCUT2D eigenvalue weighted by atomic mass is 32.1. The van der Waals surface area contributed by atoms with Crippen molar-refractivity contribution in [3.63, 3.8) is 0 Å². The number of hydrogen-bond donors (Lipinski definition) is 1. The van der Waals surface area contributed by atoms with E-state index in [2.05, 4.69) is 19.1 Å². The number of nitrogens with zero attached hydrogens (tertiary/aromatic N) is 1. The monoisotopic (exact) mass is 597 g/mol. The lowest BCUT2D eigenvalue weighted by Gasteiger charge is -2.52. The second-order valence-electron chi connectivity index (χ2n) is 11.5. The lowest BCUT2D eigenvalue weighted by molar-refractivity contribution is -0.946. The first-order chi connectivity index (χ1) is 19.4. The minimum absolute atomic E-state index is 0.0401. The number of piperidine rings is 3. The fourth-order valence-electron chi connectivity index (χ4n) is 6.50. The summed E-state index contributed by atoms with van der Waals surface area (Å²) < 4.78 is 44.8. The van der Waals surface area contributed by atoms with Gasteiger partial charge in [0.15, 0.2) is 11.7 Å². The van der Waals surface area contributed by atoms with Gasteiger partial charge in [-0.1, -0.05) is 31.0 Å². The molecule has 1 saturated carbocycles. The van der Waals surface area contributed by atoms with E-state index in [-0.39, 0.29) is 12.0 Å². The summed E-state index contributed by atoms with van der Waals surface area (Å²) in [7, 11) is 0. The molecule has 2 bridgehead atoms. The first kappa shape index (κ1) is 31.3. The van der Waals surface area contributed by atoms with E-state index >= 15 is 0 Å². The molecule has 11 heteroatoms. The zero-order valence-electron chi connectivity index (χ0n) is 23.2. The molecule has 4 aliphatic rings. The third-order valence-corrected chi connectivity index (χ3v) is 9.71. The average molecular weight is 598 g/mol. The van der Waals surface area contributed by atoms with Gasteiger partial charge in [0.1, 0.15) is 18.3 Å². The van der Waals surface area contributed by atoms with Gasteiger partial charge in [-0.15, -0.1) is 11.3 Å². The lowest BCUT2D eigenvalue weighted by Crippen LogP contribution is -2.65. The molecule has 6 rings (SSSR count). The molecule has 0 radical (unpaired) electrons. The number of esters is 1. The molecule has 3 aliphatic heterocycles. The van der Waals surface area contributed by atoms with Gasteiger partial charge in [-0.05, 0) is 48.9 Å². The smallest absolute Gasteiger partial charge is 0.430 e. The quantitative estimate of drug-likeness (QED) is 0.262. The van der Waals surface area contributed by atoms with Crippen molar-refractivity contribution in [1.82, 2.24) is 0 Å². The summed E-state index contributed by atoms with van der Waals surface area (Å²) in [6.07, 6.45) is 1.80. The molecule has 3 saturated heterocycles. The van der Waals surface area contributed by atoms with E-state index in [4.69, 9.17) is 19.4 Å². The van der Waals surface area contributed by atoms with E-state index in [9.17, 15) is 23.1 Å². The largest absolute Gasteiger partial charge is 0.542 e. The maximum absolute atomic E-state index is 13.6. The number of quaternary nitrogens is 1. The van der Waals surface area contributed by atoms with Crippen LogP contribution in [0.25, 0.3) is 0 Å². The SMILES string of the molecule is Cc1cccc(OCCC[N+]23CCC(CC2)[C@@H](OC(=O)[C@](O)(c2cccs2)C2CCCC2)C3)c1.O=C([O-])C(F)(F)F. The summed E-state index contributed by atoms with van der Waals surface area (Å²) in [4.78, 5) is 23.1. The molecule has 2 aromatic rings. The van der Waals surface area contributed by atoms with Gasteiger partial charge >= 0.3 is 12.1 Å². The Labute approximate surface area is 242 Å². The number of alkyl halides is 3. The molecular formula is C30H38F3NO6S. The van der Waals surface area contributed by atoms with Crippen molar-refractivity contribution in [2.75, 3.05) is 32.8 Å². The van der Waals surface area contributed by atoms with Crippen molar-refractivity contribution >= 4 is 23.3 Å². The molecule has 7 nitrogen and oxygen atoms in total. The number of benzene rings is 1. The Morgan fingerprint density at radius 1 is 1.10 bits per heavy atom. The Morgan fingerprint density at radius 3 is 2.37 bits per heavy atom. The molecular weight excluding hydrogens is 559 g/mol. The summed E-state index contributed by atoms with van der Waals surface area (Å²) in [5.74, 6) is -2.11. The maximum atomic E-state index is 13.6. The standard InChI is InChI=1S/C28H38NO4S.C2HF3O2/c1-21-7-4-10-24(19-21)32-17-6-14-29-15-12-22(13-16-29)25(20-29)33-27(30)28(31,23-8-2-3-9-23)26-11-5-18-34-26;3-2(4,5)1(6)7/h4-5,7,10-11,18-19,22-23,25,31H,2-3,6,8-9,12-17,20H2,1H3;(H,6,7)/q+1;/p-1/t22?,25-,28+,29?;/m0./s1. The number of carbonyl (C=O) groups excluding carboxylic acids is 2. The van der Waals surface area contributed by atoms with Gasteiger partial charge < -0.3 is 29.0 Å². The van der Waals surface area contributed by atoms with Crippen molar-refractivity contribution < 1.29 is 46.9 Å². The number of carbonyl (C=O) groups is 2. The highest BCUT2D eigenvalue weighted by Crippen LogP contribution is 2.44. The van der Waals surface area contributed by atoms with Crippen LogP contribution in [-0.4, -0.2) is 66.6 Å². The first-order valence-corrected chi connectivity index (χ1v) is 15.1. The van der Waals surface area contributed by atoms with Crippen LogP contribution in [0.15, 0.2) is 41.8 Å². The number of aliphatic hydroxyl groups is 1.